The molecule has 0 unspecified atom stereocenters. The summed E-state index contributed by atoms with van der Waals surface area (Å²) in [5, 5.41) is 7.23. The van der Waals surface area contributed by atoms with Crippen molar-refractivity contribution in [1.82, 2.24) is 9.78 Å². The predicted octanol–water partition coefficient (Wildman–Crippen LogP) is 3.66. The minimum atomic E-state index is -0.223. The second kappa shape index (κ2) is 6.58. The average molecular weight is 321 g/mol. The van der Waals surface area contributed by atoms with Crippen LogP contribution < -0.4 is 10.1 Å². The highest BCUT2D eigenvalue weighted by Gasteiger charge is 2.14. The maximum atomic E-state index is 12.5. The van der Waals surface area contributed by atoms with Gasteiger partial charge in [0, 0.05) is 18.3 Å². The van der Waals surface area contributed by atoms with Crippen molar-refractivity contribution in [1.29, 1.82) is 0 Å². The number of aromatic nitrogens is 2. The fourth-order valence-corrected chi connectivity index (χ4v) is 2.51. The molecule has 24 heavy (non-hydrogen) atoms. The molecule has 122 valence electrons. The molecule has 3 aromatic rings. The lowest BCUT2D eigenvalue weighted by atomic mass is 10.1. The number of para-hydroxylation sites is 1. The Balaban J connectivity index is 1.85. The maximum Gasteiger partial charge on any atom is 0.276 e. The summed E-state index contributed by atoms with van der Waals surface area (Å²) in [4.78, 5) is 12.5. The van der Waals surface area contributed by atoms with E-state index in [2.05, 4.69) is 10.4 Å². The SMILES string of the molecule is COc1ccc(-c2cc(C(=O)Nc3ccccc3C)nn2C)cc1. The van der Waals surface area contributed by atoms with Gasteiger partial charge in [0.25, 0.3) is 5.91 Å². The minimum absolute atomic E-state index is 0.223. The Hall–Kier alpha value is -3.08. The van der Waals surface area contributed by atoms with Crippen LogP contribution in [0.15, 0.2) is 54.6 Å². The highest BCUT2D eigenvalue weighted by molar-refractivity contribution is 6.03. The lowest BCUT2D eigenvalue weighted by Gasteiger charge is -2.05. The van der Waals surface area contributed by atoms with Crippen LogP contribution in [0.3, 0.4) is 0 Å². The Bertz CT molecular complexity index is 867. The largest absolute Gasteiger partial charge is 0.497 e. The van der Waals surface area contributed by atoms with Gasteiger partial charge in [0.05, 0.1) is 12.8 Å². The van der Waals surface area contributed by atoms with Crippen molar-refractivity contribution >= 4 is 11.6 Å². The van der Waals surface area contributed by atoms with Crippen molar-refractivity contribution < 1.29 is 9.53 Å². The Kier molecular flexibility index (Phi) is 4.33. The maximum absolute atomic E-state index is 12.5. The quantitative estimate of drug-likeness (QED) is 0.798. The number of carbonyl (C=O) groups is 1. The van der Waals surface area contributed by atoms with Gasteiger partial charge in [-0.25, -0.2) is 0 Å². The fraction of sp³-hybridized carbons (Fsp3) is 0.158. The highest BCUT2D eigenvalue weighted by Crippen LogP contribution is 2.23. The zero-order chi connectivity index (χ0) is 17.1. The molecule has 1 aromatic heterocycles. The molecule has 1 heterocycles. The molecule has 0 bridgehead atoms. The topological polar surface area (TPSA) is 56.1 Å². The number of rotatable bonds is 4. The molecular weight excluding hydrogens is 302 g/mol. The molecule has 0 aliphatic carbocycles. The van der Waals surface area contributed by atoms with Gasteiger partial charge in [-0.05, 0) is 48.9 Å². The summed E-state index contributed by atoms with van der Waals surface area (Å²) in [5.41, 5.74) is 4.02. The van der Waals surface area contributed by atoms with Gasteiger partial charge >= 0.3 is 0 Å². The normalized spacial score (nSPS) is 10.5. The second-order valence-corrected chi connectivity index (χ2v) is 5.54. The number of amides is 1. The second-order valence-electron chi connectivity index (χ2n) is 5.54. The smallest absolute Gasteiger partial charge is 0.276 e. The molecule has 5 nitrogen and oxygen atoms in total. The van der Waals surface area contributed by atoms with Crippen molar-refractivity contribution in [2.75, 3.05) is 12.4 Å². The van der Waals surface area contributed by atoms with Crippen LogP contribution in [0.1, 0.15) is 16.1 Å². The number of aryl methyl sites for hydroxylation is 2. The van der Waals surface area contributed by atoms with Crippen molar-refractivity contribution in [2.45, 2.75) is 6.92 Å². The summed E-state index contributed by atoms with van der Waals surface area (Å²) in [6, 6.07) is 17.1. The van der Waals surface area contributed by atoms with E-state index in [0.29, 0.717) is 5.69 Å². The molecule has 0 saturated heterocycles. The predicted molar refractivity (Wildman–Crippen MR) is 94.3 cm³/mol. The third-order valence-corrected chi connectivity index (χ3v) is 3.89. The average Bonchev–Trinajstić information content (AvgIpc) is 2.99. The van der Waals surface area contributed by atoms with Crippen molar-refractivity contribution in [3.63, 3.8) is 0 Å². The zero-order valence-electron chi connectivity index (χ0n) is 13.9. The number of hydrogen-bond acceptors (Lipinski definition) is 3. The number of carbonyl (C=O) groups excluding carboxylic acids is 1. The number of methoxy groups -OCH3 is 1. The lowest BCUT2D eigenvalue weighted by molar-refractivity contribution is 0.102. The highest BCUT2D eigenvalue weighted by atomic mass is 16.5. The van der Waals surface area contributed by atoms with Crippen LogP contribution >= 0.6 is 0 Å². The van der Waals surface area contributed by atoms with Gasteiger partial charge in [-0.3, -0.25) is 9.48 Å². The fourth-order valence-electron chi connectivity index (χ4n) is 2.51. The molecule has 3 rings (SSSR count). The third-order valence-electron chi connectivity index (χ3n) is 3.89. The summed E-state index contributed by atoms with van der Waals surface area (Å²) in [6.07, 6.45) is 0. The van der Waals surface area contributed by atoms with E-state index in [0.717, 1.165) is 28.3 Å². The number of anilines is 1. The van der Waals surface area contributed by atoms with Crippen LogP contribution in [0.4, 0.5) is 5.69 Å². The van der Waals surface area contributed by atoms with Crippen molar-refractivity contribution in [3.05, 3.63) is 65.9 Å². The number of nitrogens with one attached hydrogen (secondary N) is 1. The lowest BCUT2D eigenvalue weighted by Crippen LogP contribution is -2.13. The van der Waals surface area contributed by atoms with Gasteiger partial charge in [0.15, 0.2) is 5.69 Å². The Labute approximate surface area is 140 Å². The molecular formula is C19H19N3O2. The van der Waals surface area contributed by atoms with Gasteiger partial charge < -0.3 is 10.1 Å². The van der Waals surface area contributed by atoms with E-state index in [9.17, 15) is 4.79 Å². The molecule has 0 saturated carbocycles. The molecule has 0 aliphatic heterocycles. The van der Waals surface area contributed by atoms with Crippen LogP contribution in [0.5, 0.6) is 5.75 Å². The van der Waals surface area contributed by atoms with Gasteiger partial charge in [0.1, 0.15) is 5.75 Å². The van der Waals surface area contributed by atoms with E-state index in [-0.39, 0.29) is 5.91 Å². The zero-order valence-corrected chi connectivity index (χ0v) is 13.9. The van der Waals surface area contributed by atoms with E-state index in [1.165, 1.54) is 0 Å². The standard InChI is InChI=1S/C19H19N3O2/c1-13-6-4-5-7-16(13)20-19(23)17-12-18(22(2)21-17)14-8-10-15(24-3)11-9-14/h4-12H,1-3H3,(H,20,23). The molecule has 0 atom stereocenters. The first-order valence-electron chi connectivity index (χ1n) is 7.64. The molecule has 1 N–H and O–H groups in total. The van der Waals surface area contributed by atoms with E-state index in [1.54, 1.807) is 17.9 Å². The van der Waals surface area contributed by atoms with E-state index in [4.69, 9.17) is 4.74 Å². The van der Waals surface area contributed by atoms with Crippen LogP contribution in [0.25, 0.3) is 11.3 Å². The number of nitrogens with zero attached hydrogens (tertiary/aromatic N) is 2. The van der Waals surface area contributed by atoms with Crippen molar-refractivity contribution in [2.24, 2.45) is 7.05 Å². The first kappa shape index (κ1) is 15.8. The molecule has 0 radical (unpaired) electrons. The number of ether oxygens (including phenoxy) is 1. The summed E-state index contributed by atoms with van der Waals surface area (Å²) in [5.74, 6) is 0.568. The van der Waals surface area contributed by atoms with Crippen LogP contribution in [0, 0.1) is 6.92 Å². The monoisotopic (exact) mass is 321 g/mol. The Morgan fingerprint density at radius 1 is 1.12 bits per heavy atom. The Morgan fingerprint density at radius 3 is 2.50 bits per heavy atom. The Morgan fingerprint density at radius 2 is 1.83 bits per heavy atom. The molecule has 0 fully saturated rings. The van der Waals surface area contributed by atoms with Crippen LogP contribution in [-0.4, -0.2) is 22.8 Å². The van der Waals surface area contributed by atoms with Crippen LogP contribution in [-0.2, 0) is 7.05 Å². The number of benzene rings is 2. The van der Waals surface area contributed by atoms with Crippen molar-refractivity contribution in [3.8, 4) is 17.0 Å². The molecule has 5 heteroatoms. The molecule has 0 aliphatic rings. The molecule has 0 spiro atoms. The summed E-state index contributed by atoms with van der Waals surface area (Å²) < 4.78 is 6.87. The first-order valence-corrected chi connectivity index (χ1v) is 7.64. The van der Waals surface area contributed by atoms with Gasteiger partial charge in [-0.2, -0.15) is 5.10 Å². The van der Waals surface area contributed by atoms with E-state index in [1.807, 2.05) is 62.5 Å². The molecule has 1 amide bonds. The van der Waals surface area contributed by atoms with E-state index >= 15 is 0 Å². The van der Waals surface area contributed by atoms with Gasteiger partial charge in [-0.15, -0.1) is 0 Å². The molecule has 2 aromatic carbocycles. The first-order chi connectivity index (χ1) is 11.6. The van der Waals surface area contributed by atoms with Gasteiger partial charge in [-0.1, -0.05) is 18.2 Å². The minimum Gasteiger partial charge on any atom is -0.497 e. The third kappa shape index (κ3) is 3.15. The summed E-state index contributed by atoms with van der Waals surface area (Å²) in [6.45, 7) is 1.96. The van der Waals surface area contributed by atoms with Gasteiger partial charge in [0.2, 0.25) is 0 Å². The van der Waals surface area contributed by atoms with Crippen LogP contribution in [0.2, 0.25) is 0 Å². The van der Waals surface area contributed by atoms with E-state index < -0.39 is 0 Å². The number of hydrogen-bond donors (Lipinski definition) is 1. The summed E-state index contributed by atoms with van der Waals surface area (Å²) in [7, 11) is 3.46. The summed E-state index contributed by atoms with van der Waals surface area (Å²) >= 11 is 0.